The molecule has 3 aromatic carbocycles. The highest BCUT2D eigenvalue weighted by molar-refractivity contribution is 9.10. The Kier molecular flexibility index (Phi) is 7.30. The Morgan fingerprint density at radius 3 is 2.65 bits per heavy atom. The zero-order valence-corrected chi connectivity index (χ0v) is 23.8. The van der Waals surface area contributed by atoms with Crippen molar-refractivity contribution in [1.29, 1.82) is 0 Å². The van der Waals surface area contributed by atoms with Crippen molar-refractivity contribution in [2.24, 2.45) is 0 Å². The van der Waals surface area contributed by atoms with E-state index in [4.69, 9.17) is 9.47 Å². The Bertz CT molecular complexity index is 1680. The van der Waals surface area contributed by atoms with Gasteiger partial charge in [-0.2, -0.15) is 0 Å². The van der Waals surface area contributed by atoms with E-state index in [2.05, 4.69) is 26.1 Å². The molecule has 1 N–H and O–H groups in total. The van der Waals surface area contributed by atoms with Crippen LogP contribution in [0.2, 0.25) is 0 Å². The van der Waals surface area contributed by atoms with E-state index in [0.717, 1.165) is 15.8 Å². The fourth-order valence-electron chi connectivity index (χ4n) is 4.48. The number of aliphatic hydroxyl groups excluding tert-OH is 1. The summed E-state index contributed by atoms with van der Waals surface area (Å²) in [4.78, 5) is 28.1. The van der Waals surface area contributed by atoms with Gasteiger partial charge >= 0.3 is 5.91 Å². The second-order valence-electron chi connectivity index (χ2n) is 8.81. The molecule has 0 aliphatic carbocycles. The van der Waals surface area contributed by atoms with Crippen molar-refractivity contribution in [2.45, 2.75) is 16.1 Å². The van der Waals surface area contributed by atoms with Gasteiger partial charge in [0, 0.05) is 15.8 Å². The summed E-state index contributed by atoms with van der Waals surface area (Å²) in [6, 6.07) is 17.5. The molecule has 202 valence electrons. The first-order valence-corrected chi connectivity index (χ1v) is 14.7. The van der Waals surface area contributed by atoms with Gasteiger partial charge in [0.25, 0.3) is 5.78 Å². The number of rotatable bonds is 6. The van der Waals surface area contributed by atoms with Gasteiger partial charge in [-0.25, -0.2) is 4.39 Å². The summed E-state index contributed by atoms with van der Waals surface area (Å²) >= 11 is 5.84. The molecule has 1 fully saturated rings. The number of amides is 1. The Labute approximate surface area is 244 Å². The van der Waals surface area contributed by atoms with Gasteiger partial charge in [0.15, 0.2) is 15.8 Å². The number of halogens is 2. The van der Waals surface area contributed by atoms with Crippen LogP contribution in [0.5, 0.6) is 11.5 Å². The van der Waals surface area contributed by atoms with Crippen LogP contribution >= 0.6 is 39.0 Å². The molecule has 3 heterocycles. The summed E-state index contributed by atoms with van der Waals surface area (Å²) < 4.78 is 26.5. The predicted molar refractivity (Wildman–Crippen MR) is 152 cm³/mol. The molecule has 0 saturated carbocycles. The van der Waals surface area contributed by atoms with Gasteiger partial charge in [-0.3, -0.25) is 14.5 Å². The molecule has 4 aromatic rings. The number of aliphatic hydroxyl groups is 1. The summed E-state index contributed by atoms with van der Waals surface area (Å²) in [6.45, 7) is 0.767. The number of carbonyl (C=O) groups excluding carboxylic acids is 2. The number of Topliss-reactive ketones (excluding diaryl/α,β-unsaturated/α-hetero) is 1. The number of fused-ring (bicyclic) bond motifs is 1. The monoisotopic (exact) mass is 639 g/mol. The Morgan fingerprint density at radius 2 is 1.85 bits per heavy atom. The number of hydrogen-bond acceptors (Lipinski definition) is 9. The Morgan fingerprint density at radius 1 is 1.05 bits per heavy atom. The third-order valence-electron chi connectivity index (χ3n) is 6.34. The number of thioether (sulfide) groups is 1. The molecule has 1 atom stereocenters. The van der Waals surface area contributed by atoms with Crippen molar-refractivity contribution in [3.63, 3.8) is 0 Å². The van der Waals surface area contributed by atoms with E-state index in [1.165, 1.54) is 22.7 Å². The van der Waals surface area contributed by atoms with Gasteiger partial charge in [-0.15, -0.1) is 10.2 Å². The topological polar surface area (TPSA) is 102 Å². The third-order valence-corrected chi connectivity index (χ3v) is 8.93. The fourth-order valence-corrected chi connectivity index (χ4v) is 6.75. The van der Waals surface area contributed by atoms with Crippen LogP contribution < -0.4 is 14.4 Å². The fraction of sp³-hybridized carbons (Fsp3) is 0.143. The number of aromatic nitrogens is 2. The van der Waals surface area contributed by atoms with Gasteiger partial charge < -0.3 is 14.6 Å². The third kappa shape index (κ3) is 4.98. The number of hydrogen-bond donors (Lipinski definition) is 1. The first-order valence-electron chi connectivity index (χ1n) is 12.1. The van der Waals surface area contributed by atoms with Gasteiger partial charge in [-0.05, 0) is 47.5 Å². The van der Waals surface area contributed by atoms with E-state index < -0.39 is 17.7 Å². The average Bonchev–Trinajstić information content (AvgIpc) is 3.54. The smallest absolute Gasteiger partial charge is 0.301 e. The number of benzene rings is 3. The summed E-state index contributed by atoms with van der Waals surface area (Å²) in [5.74, 6) is -1.08. The van der Waals surface area contributed by atoms with Crippen LogP contribution in [0.1, 0.15) is 22.7 Å². The van der Waals surface area contributed by atoms with Gasteiger partial charge in [0.1, 0.15) is 24.8 Å². The van der Waals surface area contributed by atoms with E-state index in [1.807, 2.05) is 6.07 Å². The highest BCUT2D eigenvalue weighted by atomic mass is 79.9. The summed E-state index contributed by atoms with van der Waals surface area (Å²) in [6.07, 6.45) is 0. The molecule has 1 aromatic heterocycles. The molecule has 1 unspecified atom stereocenters. The second kappa shape index (κ2) is 11.0. The van der Waals surface area contributed by atoms with Crippen molar-refractivity contribution in [2.75, 3.05) is 18.1 Å². The van der Waals surface area contributed by atoms with Crippen molar-refractivity contribution < 1.29 is 28.6 Å². The summed E-state index contributed by atoms with van der Waals surface area (Å²) in [5, 5.41) is 20.0. The SMILES string of the molecule is O=C1C(=O)N(c2nnc(SCc3ccccc3F)s2)C(c2cccc(Br)c2)/C1=C(\O)c1ccc2c(c1)OCCO2. The van der Waals surface area contributed by atoms with Crippen LogP contribution in [0.15, 0.2) is 81.1 Å². The van der Waals surface area contributed by atoms with Crippen LogP contribution in [0.3, 0.4) is 0 Å². The van der Waals surface area contributed by atoms with Crippen LogP contribution in [-0.4, -0.2) is 40.2 Å². The van der Waals surface area contributed by atoms with Crippen LogP contribution in [0.4, 0.5) is 9.52 Å². The first kappa shape index (κ1) is 26.5. The average molecular weight is 641 g/mol. The largest absolute Gasteiger partial charge is 0.507 e. The molecule has 8 nitrogen and oxygen atoms in total. The molecule has 0 radical (unpaired) electrons. The molecule has 0 bridgehead atoms. The quantitative estimate of drug-likeness (QED) is 0.0884. The summed E-state index contributed by atoms with van der Waals surface area (Å²) in [5.41, 5.74) is 1.32. The van der Waals surface area contributed by atoms with Gasteiger partial charge in [0.2, 0.25) is 5.13 Å². The van der Waals surface area contributed by atoms with E-state index in [9.17, 15) is 19.1 Å². The van der Waals surface area contributed by atoms with Gasteiger partial charge in [0.05, 0.1) is 11.6 Å². The van der Waals surface area contributed by atoms with E-state index in [1.54, 1.807) is 54.6 Å². The zero-order valence-electron chi connectivity index (χ0n) is 20.5. The minimum atomic E-state index is -0.969. The predicted octanol–water partition coefficient (Wildman–Crippen LogP) is 6.13. The number of ether oxygens (including phenoxy) is 2. The molecule has 12 heteroatoms. The minimum absolute atomic E-state index is 0.0875. The molecule has 1 amide bonds. The standard InChI is InChI=1S/C28H19BrFN3O5S2/c29-18-6-3-5-15(12-18)23-22(24(34)16-8-9-20-21(13-16)38-11-10-37-20)25(35)26(36)33(23)27-31-32-28(40-27)39-14-17-4-1-2-7-19(17)30/h1-9,12-13,23,34H,10-11,14H2/b24-22+. The molecule has 2 aliphatic rings. The maximum atomic E-state index is 14.1. The van der Waals surface area contributed by atoms with Crippen molar-refractivity contribution >= 4 is 61.6 Å². The molecule has 40 heavy (non-hydrogen) atoms. The van der Waals surface area contributed by atoms with Crippen LogP contribution in [0.25, 0.3) is 5.76 Å². The molecule has 1 saturated heterocycles. The number of carbonyl (C=O) groups is 2. The Balaban J connectivity index is 1.39. The highest BCUT2D eigenvalue weighted by Crippen LogP contribution is 2.45. The molecule has 2 aliphatic heterocycles. The summed E-state index contributed by atoms with van der Waals surface area (Å²) in [7, 11) is 0. The van der Waals surface area contributed by atoms with Crippen LogP contribution in [0, 0.1) is 5.82 Å². The van der Waals surface area contributed by atoms with E-state index in [-0.39, 0.29) is 22.3 Å². The maximum absolute atomic E-state index is 14.1. The van der Waals surface area contributed by atoms with E-state index >= 15 is 0 Å². The van der Waals surface area contributed by atoms with Crippen molar-refractivity contribution in [3.8, 4) is 11.5 Å². The molecule has 6 rings (SSSR count). The lowest BCUT2D eigenvalue weighted by atomic mass is 9.95. The lowest BCUT2D eigenvalue weighted by molar-refractivity contribution is -0.132. The minimum Gasteiger partial charge on any atom is -0.507 e. The normalized spacial score (nSPS) is 17.9. The Hall–Kier alpha value is -3.74. The van der Waals surface area contributed by atoms with Crippen molar-refractivity contribution in [1.82, 2.24) is 10.2 Å². The maximum Gasteiger partial charge on any atom is 0.301 e. The van der Waals surface area contributed by atoms with E-state index in [0.29, 0.717) is 51.5 Å². The number of anilines is 1. The molecular formula is C28H19BrFN3O5S2. The second-order valence-corrected chi connectivity index (χ2v) is 11.9. The van der Waals surface area contributed by atoms with Crippen molar-refractivity contribution in [3.05, 3.63) is 99.3 Å². The highest BCUT2D eigenvalue weighted by Gasteiger charge is 2.48. The molecular weight excluding hydrogens is 621 g/mol. The van der Waals surface area contributed by atoms with Crippen LogP contribution in [-0.2, 0) is 15.3 Å². The van der Waals surface area contributed by atoms with Gasteiger partial charge in [-0.1, -0.05) is 69.4 Å². The number of ketones is 1. The molecule has 0 spiro atoms. The lowest BCUT2D eigenvalue weighted by Crippen LogP contribution is -2.29. The number of nitrogens with zero attached hydrogens (tertiary/aromatic N) is 3. The lowest BCUT2D eigenvalue weighted by Gasteiger charge is -2.23. The first-order chi connectivity index (χ1) is 19.4. The zero-order chi connectivity index (χ0) is 27.8.